The van der Waals surface area contributed by atoms with Crippen molar-refractivity contribution in [3.63, 3.8) is 0 Å². The molecule has 1 aromatic heterocycles. The van der Waals surface area contributed by atoms with E-state index >= 15 is 0 Å². The third-order valence-corrected chi connectivity index (χ3v) is 2.97. The molecular weight excluding hydrogens is 217 g/mol. The predicted molar refractivity (Wildman–Crippen MR) is 67.1 cm³/mol. The first kappa shape index (κ1) is 11.6. The van der Waals surface area contributed by atoms with E-state index in [2.05, 4.69) is 5.10 Å². The van der Waals surface area contributed by atoms with Gasteiger partial charge in [-0.3, -0.25) is 4.68 Å². The first-order valence-electron chi connectivity index (χ1n) is 5.61. The van der Waals surface area contributed by atoms with E-state index in [0.29, 0.717) is 17.8 Å². The number of nitrogens with two attached hydrogens (primary N) is 1. The molecular formula is C13H16FN3. The molecule has 2 rings (SSSR count). The van der Waals surface area contributed by atoms with Crippen LogP contribution >= 0.6 is 0 Å². The number of aryl methyl sites for hydroxylation is 3. The molecule has 90 valence electrons. The molecule has 0 amide bonds. The van der Waals surface area contributed by atoms with Crippen molar-refractivity contribution in [3.05, 3.63) is 35.1 Å². The Bertz CT molecular complexity index is 539. The molecule has 0 unspecified atom stereocenters. The Morgan fingerprint density at radius 3 is 2.59 bits per heavy atom. The van der Waals surface area contributed by atoms with Gasteiger partial charge in [-0.05, 0) is 36.6 Å². The van der Waals surface area contributed by atoms with Crippen LogP contribution in [-0.2, 0) is 13.5 Å². The minimum absolute atomic E-state index is 0.155. The Kier molecular flexibility index (Phi) is 2.88. The van der Waals surface area contributed by atoms with Crippen molar-refractivity contribution in [2.24, 2.45) is 7.05 Å². The smallest absolute Gasteiger partial charge is 0.126 e. The van der Waals surface area contributed by atoms with Crippen molar-refractivity contribution in [3.8, 4) is 11.3 Å². The minimum Gasteiger partial charge on any atom is -0.384 e. The number of nitrogens with zero attached hydrogens (tertiary/aromatic N) is 2. The predicted octanol–water partition coefficient (Wildman–Crippen LogP) is 2.68. The van der Waals surface area contributed by atoms with Gasteiger partial charge in [0.05, 0.1) is 5.69 Å². The van der Waals surface area contributed by atoms with Crippen molar-refractivity contribution in [2.45, 2.75) is 20.3 Å². The molecule has 1 aromatic carbocycles. The van der Waals surface area contributed by atoms with Crippen LogP contribution in [0.25, 0.3) is 11.3 Å². The highest BCUT2D eigenvalue weighted by molar-refractivity contribution is 5.66. The normalized spacial score (nSPS) is 10.8. The van der Waals surface area contributed by atoms with E-state index in [1.807, 2.05) is 19.9 Å². The average molecular weight is 233 g/mol. The maximum atomic E-state index is 13.6. The molecule has 0 fully saturated rings. The maximum absolute atomic E-state index is 13.6. The maximum Gasteiger partial charge on any atom is 0.126 e. The lowest BCUT2D eigenvalue weighted by Gasteiger charge is -2.07. The Morgan fingerprint density at radius 1 is 1.35 bits per heavy atom. The summed E-state index contributed by atoms with van der Waals surface area (Å²) in [5.41, 5.74) is 9.06. The van der Waals surface area contributed by atoms with Crippen LogP contribution in [0.1, 0.15) is 18.1 Å². The van der Waals surface area contributed by atoms with Crippen LogP contribution in [0, 0.1) is 12.7 Å². The summed E-state index contributed by atoms with van der Waals surface area (Å²) in [6, 6.07) is 5.21. The zero-order valence-electron chi connectivity index (χ0n) is 10.3. The van der Waals surface area contributed by atoms with Crippen molar-refractivity contribution in [1.29, 1.82) is 0 Å². The minimum atomic E-state index is -0.155. The second-order valence-electron chi connectivity index (χ2n) is 4.19. The molecule has 0 aliphatic carbocycles. The molecule has 0 saturated carbocycles. The van der Waals surface area contributed by atoms with Crippen LogP contribution in [0.5, 0.6) is 0 Å². The quantitative estimate of drug-likeness (QED) is 0.866. The highest BCUT2D eigenvalue weighted by Crippen LogP contribution is 2.26. The van der Waals surface area contributed by atoms with Gasteiger partial charge in [0.15, 0.2) is 0 Å². The van der Waals surface area contributed by atoms with Crippen LogP contribution in [0.15, 0.2) is 18.2 Å². The monoisotopic (exact) mass is 233 g/mol. The lowest BCUT2D eigenvalue weighted by Crippen LogP contribution is -1.97. The fourth-order valence-electron chi connectivity index (χ4n) is 1.88. The summed E-state index contributed by atoms with van der Waals surface area (Å²) in [4.78, 5) is 0. The summed E-state index contributed by atoms with van der Waals surface area (Å²) in [5, 5.41) is 4.32. The number of aromatic nitrogens is 2. The van der Waals surface area contributed by atoms with Gasteiger partial charge < -0.3 is 5.73 Å². The number of benzene rings is 1. The van der Waals surface area contributed by atoms with Crippen LogP contribution in [0.2, 0.25) is 0 Å². The van der Waals surface area contributed by atoms with Gasteiger partial charge in [-0.2, -0.15) is 5.10 Å². The summed E-state index contributed by atoms with van der Waals surface area (Å²) in [6.45, 7) is 3.81. The SMILES string of the molecule is CCc1cc(-c2cc(N)n(C)n2)c(C)cc1F. The van der Waals surface area contributed by atoms with E-state index in [1.165, 1.54) is 0 Å². The van der Waals surface area contributed by atoms with E-state index in [9.17, 15) is 4.39 Å². The molecule has 2 aromatic rings. The fraction of sp³-hybridized carbons (Fsp3) is 0.308. The van der Waals surface area contributed by atoms with Crippen molar-refractivity contribution >= 4 is 5.82 Å². The molecule has 0 radical (unpaired) electrons. The highest BCUT2D eigenvalue weighted by atomic mass is 19.1. The molecule has 0 aliphatic rings. The fourth-order valence-corrected chi connectivity index (χ4v) is 1.88. The van der Waals surface area contributed by atoms with Crippen molar-refractivity contribution < 1.29 is 4.39 Å². The first-order valence-corrected chi connectivity index (χ1v) is 5.61. The van der Waals surface area contributed by atoms with Gasteiger partial charge >= 0.3 is 0 Å². The van der Waals surface area contributed by atoms with Gasteiger partial charge in [-0.25, -0.2) is 4.39 Å². The third kappa shape index (κ3) is 2.02. The van der Waals surface area contributed by atoms with Gasteiger partial charge in [0.2, 0.25) is 0 Å². The molecule has 0 saturated heterocycles. The second-order valence-corrected chi connectivity index (χ2v) is 4.19. The number of hydrogen-bond donors (Lipinski definition) is 1. The van der Waals surface area contributed by atoms with Gasteiger partial charge in [-0.1, -0.05) is 6.92 Å². The zero-order chi connectivity index (χ0) is 12.6. The number of halogens is 1. The first-order chi connectivity index (χ1) is 8.02. The summed E-state index contributed by atoms with van der Waals surface area (Å²) < 4.78 is 15.2. The van der Waals surface area contributed by atoms with E-state index in [-0.39, 0.29) is 5.82 Å². The highest BCUT2D eigenvalue weighted by Gasteiger charge is 2.11. The van der Waals surface area contributed by atoms with Crippen LogP contribution in [-0.4, -0.2) is 9.78 Å². The molecule has 0 spiro atoms. The number of rotatable bonds is 2. The number of anilines is 1. The van der Waals surface area contributed by atoms with Crippen LogP contribution in [0.3, 0.4) is 0 Å². The topological polar surface area (TPSA) is 43.8 Å². The Balaban J connectivity index is 2.58. The van der Waals surface area contributed by atoms with E-state index in [0.717, 1.165) is 16.8 Å². The van der Waals surface area contributed by atoms with Gasteiger partial charge in [0, 0.05) is 18.7 Å². The summed E-state index contributed by atoms with van der Waals surface area (Å²) in [5.74, 6) is 0.444. The molecule has 1 heterocycles. The second kappa shape index (κ2) is 4.20. The molecule has 3 nitrogen and oxygen atoms in total. The summed E-state index contributed by atoms with van der Waals surface area (Å²) >= 11 is 0. The number of nitrogen functional groups attached to an aromatic ring is 1. The average Bonchev–Trinajstić information content (AvgIpc) is 2.59. The van der Waals surface area contributed by atoms with Crippen LogP contribution < -0.4 is 5.73 Å². The Morgan fingerprint density at radius 2 is 2.06 bits per heavy atom. The number of hydrogen-bond acceptors (Lipinski definition) is 2. The molecule has 0 atom stereocenters. The lowest BCUT2D eigenvalue weighted by atomic mass is 10.0. The molecule has 17 heavy (non-hydrogen) atoms. The van der Waals surface area contributed by atoms with Crippen LogP contribution in [0.4, 0.5) is 10.2 Å². The van der Waals surface area contributed by atoms with Gasteiger partial charge in [-0.15, -0.1) is 0 Å². The molecule has 0 bridgehead atoms. The van der Waals surface area contributed by atoms with Gasteiger partial charge in [0.1, 0.15) is 11.6 Å². The Labute approximate surface area is 100 Å². The van der Waals surface area contributed by atoms with Crippen molar-refractivity contribution in [2.75, 3.05) is 5.73 Å². The summed E-state index contributed by atoms with van der Waals surface area (Å²) in [7, 11) is 1.79. The summed E-state index contributed by atoms with van der Waals surface area (Å²) in [6.07, 6.45) is 0.668. The molecule has 4 heteroatoms. The molecule has 2 N–H and O–H groups in total. The third-order valence-electron chi connectivity index (χ3n) is 2.97. The van der Waals surface area contributed by atoms with E-state index in [1.54, 1.807) is 23.9 Å². The standard InChI is InChI=1S/C13H16FN3/c1-4-9-6-10(8(2)5-11(9)14)12-7-13(15)17(3)16-12/h5-7H,4,15H2,1-3H3. The van der Waals surface area contributed by atoms with Gasteiger partial charge in [0.25, 0.3) is 0 Å². The largest absolute Gasteiger partial charge is 0.384 e. The Hall–Kier alpha value is -1.84. The van der Waals surface area contributed by atoms with E-state index in [4.69, 9.17) is 5.73 Å². The molecule has 0 aliphatic heterocycles. The zero-order valence-corrected chi connectivity index (χ0v) is 10.3. The van der Waals surface area contributed by atoms with Crippen molar-refractivity contribution in [1.82, 2.24) is 9.78 Å². The lowest BCUT2D eigenvalue weighted by molar-refractivity contribution is 0.611. The van der Waals surface area contributed by atoms with E-state index < -0.39 is 0 Å².